The molecule has 0 amide bonds. The first kappa shape index (κ1) is 13.8. The number of aromatic nitrogens is 1. The van der Waals surface area contributed by atoms with Crippen molar-refractivity contribution in [3.63, 3.8) is 0 Å². The summed E-state index contributed by atoms with van der Waals surface area (Å²) >= 11 is 0. The second-order valence-electron chi connectivity index (χ2n) is 4.94. The topological polar surface area (TPSA) is 81.2 Å². The van der Waals surface area contributed by atoms with Crippen LogP contribution in [0.1, 0.15) is 31.4 Å². The van der Waals surface area contributed by atoms with Gasteiger partial charge in [-0.1, -0.05) is 0 Å². The fourth-order valence-corrected chi connectivity index (χ4v) is 2.53. The Hall–Kier alpha value is -1.64. The van der Waals surface area contributed by atoms with E-state index >= 15 is 0 Å². The van der Waals surface area contributed by atoms with Crippen LogP contribution in [0.3, 0.4) is 0 Å². The van der Waals surface area contributed by atoms with E-state index in [4.69, 9.17) is 15.2 Å². The van der Waals surface area contributed by atoms with Crippen LogP contribution < -0.4 is 5.73 Å². The molecule has 1 aliphatic rings. The summed E-state index contributed by atoms with van der Waals surface area (Å²) in [6.45, 7) is 0.310. The third-order valence-corrected chi connectivity index (χ3v) is 3.70. The van der Waals surface area contributed by atoms with Gasteiger partial charge in [0.2, 0.25) is 0 Å². The molecule has 19 heavy (non-hydrogen) atoms. The molecule has 1 fully saturated rings. The minimum absolute atomic E-state index is 0.176. The molecule has 2 rings (SSSR count). The van der Waals surface area contributed by atoms with Crippen molar-refractivity contribution < 1.29 is 9.47 Å². The van der Waals surface area contributed by atoms with Gasteiger partial charge >= 0.3 is 0 Å². The molecule has 0 unspecified atom stereocenters. The monoisotopic (exact) mass is 261 g/mol. The van der Waals surface area contributed by atoms with Gasteiger partial charge in [-0.3, -0.25) is 4.98 Å². The summed E-state index contributed by atoms with van der Waals surface area (Å²) in [6.07, 6.45) is 5.01. The van der Waals surface area contributed by atoms with E-state index in [0.29, 0.717) is 12.5 Å². The number of nitrogen functional groups attached to an aromatic ring is 1. The number of hydrogen-bond acceptors (Lipinski definition) is 5. The van der Waals surface area contributed by atoms with Crippen molar-refractivity contribution in [2.24, 2.45) is 0 Å². The van der Waals surface area contributed by atoms with Crippen molar-refractivity contribution in [3.8, 4) is 6.07 Å². The molecule has 1 aliphatic carbocycles. The van der Waals surface area contributed by atoms with E-state index in [-0.39, 0.29) is 6.10 Å². The standard InChI is InChI=1S/C14H19N3O2/c1-18-10-19-12-4-6-14(9-15,7-5-12)13-3-2-11(16)8-17-13/h2-3,8,12H,4-7,10,16H2,1H3/t12-,14-. The number of nitriles is 1. The third-order valence-electron chi connectivity index (χ3n) is 3.70. The van der Waals surface area contributed by atoms with E-state index in [1.807, 2.05) is 6.07 Å². The molecule has 0 atom stereocenters. The van der Waals surface area contributed by atoms with Crippen LogP contribution in [0.15, 0.2) is 18.3 Å². The number of nitrogens with zero attached hydrogens (tertiary/aromatic N) is 2. The van der Waals surface area contributed by atoms with Gasteiger partial charge in [-0.15, -0.1) is 0 Å². The van der Waals surface area contributed by atoms with Crippen molar-refractivity contribution in [2.75, 3.05) is 19.6 Å². The Balaban J connectivity index is 2.06. The van der Waals surface area contributed by atoms with Crippen molar-refractivity contribution in [1.29, 1.82) is 5.26 Å². The van der Waals surface area contributed by atoms with Gasteiger partial charge < -0.3 is 15.2 Å². The van der Waals surface area contributed by atoms with Crippen LogP contribution >= 0.6 is 0 Å². The second-order valence-corrected chi connectivity index (χ2v) is 4.94. The molecule has 0 bridgehead atoms. The Kier molecular flexibility index (Phi) is 4.35. The fraction of sp³-hybridized carbons (Fsp3) is 0.571. The van der Waals surface area contributed by atoms with E-state index in [0.717, 1.165) is 31.4 Å². The van der Waals surface area contributed by atoms with E-state index in [2.05, 4.69) is 11.1 Å². The van der Waals surface area contributed by atoms with Crippen molar-refractivity contribution >= 4 is 5.69 Å². The van der Waals surface area contributed by atoms with Crippen LogP contribution in [0, 0.1) is 11.3 Å². The van der Waals surface area contributed by atoms with E-state index in [9.17, 15) is 5.26 Å². The zero-order valence-corrected chi connectivity index (χ0v) is 11.1. The lowest BCUT2D eigenvalue weighted by Crippen LogP contribution is -2.34. The minimum atomic E-state index is -0.499. The Morgan fingerprint density at radius 1 is 1.47 bits per heavy atom. The van der Waals surface area contributed by atoms with Gasteiger partial charge in [0.1, 0.15) is 6.79 Å². The lowest BCUT2D eigenvalue weighted by molar-refractivity contribution is -0.0857. The second kappa shape index (κ2) is 6.00. The van der Waals surface area contributed by atoms with Gasteiger partial charge in [0.05, 0.1) is 35.2 Å². The molecule has 1 saturated carbocycles. The van der Waals surface area contributed by atoms with Crippen molar-refractivity contribution in [3.05, 3.63) is 24.0 Å². The van der Waals surface area contributed by atoms with Crippen LogP contribution in [-0.4, -0.2) is 25.0 Å². The molecule has 1 heterocycles. The van der Waals surface area contributed by atoms with Crippen molar-refractivity contribution in [1.82, 2.24) is 4.98 Å². The number of hydrogen-bond donors (Lipinski definition) is 1. The highest BCUT2D eigenvalue weighted by molar-refractivity contribution is 5.38. The molecule has 0 aliphatic heterocycles. The van der Waals surface area contributed by atoms with Crippen LogP contribution in [0.2, 0.25) is 0 Å². The average Bonchev–Trinajstić information content (AvgIpc) is 2.46. The first-order valence-corrected chi connectivity index (χ1v) is 6.44. The summed E-state index contributed by atoms with van der Waals surface area (Å²) in [6, 6.07) is 6.10. The molecule has 0 saturated heterocycles. The normalized spacial score (nSPS) is 26.8. The highest BCUT2D eigenvalue weighted by Crippen LogP contribution is 2.39. The van der Waals surface area contributed by atoms with E-state index in [1.54, 1.807) is 19.4 Å². The summed E-state index contributed by atoms with van der Waals surface area (Å²) in [5, 5.41) is 9.54. The molecular formula is C14H19N3O2. The number of rotatable bonds is 4. The summed E-state index contributed by atoms with van der Waals surface area (Å²) in [7, 11) is 1.61. The predicted molar refractivity (Wildman–Crippen MR) is 71.2 cm³/mol. The number of nitrogens with two attached hydrogens (primary N) is 1. The smallest absolute Gasteiger partial charge is 0.146 e. The molecule has 0 spiro atoms. The summed E-state index contributed by atoms with van der Waals surface area (Å²) in [4.78, 5) is 4.32. The number of methoxy groups -OCH3 is 1. The fourth-order valence-electron chi connectivity index (χ4n) is 2.53. The van der Waals surface area contributed by atoms with Crippen molar-refractivity contribution in [2.45, 2.75) is 37.2 Å². The maximum atomic E-state index is 9.54. The first-order chi connectivity index (χ1) is 9.20. The van der Waals surface area contributed by atoms with Gasteiger partial charge in [-0.05, 0) is 37.8 Å². The van der Waals surface area contributed by atoms with Crippen LogP contribution in [0.4, 0.5) is 5.69 Å². The molecule has 0 radical (unpaired) electrons. The molecule has 5 nitrogen and oxygen atoms in total. The highest BCUT2D eigenvalue weighted by Gasteiger charge is 2.38. The molecule has 1 aromatic rings. The number of pyridine rings is 1. The van der Waals surface area contributed by atoms with Gasteiger partial charge in [0.25, 0.3) is 0 Å². The first-order valence-electron chi connectivity index (χ1n) is 6.44. The molecule has 1 aromatic heterocycles. The molecule has 5 heteroatoms. The predicted octanol–water partition coefficient (Wildman–Crippen LogP) is 1.99. The lowest BCUT2D eigenvalue weighted by Gasteiger charge is -2.34. The quantitative estimate of drug-likeness (QED) is 0.838. The van der Waals surface area contributed by atoms with Crippen LogP contribution in [-0.2, 0) is 14.9 Å². The van der Waals surface area contributed by atoms with Crippen LogP contribution in [0.5, 0.6) is 0 Å². The lowest BCUT2D eigenvalue weighted by atomic mass is 9.72. The Morgan fingerprint density at radius 3 is 2.74 bits per heavy atom. The maximum Gasteiger partial charge on any atom is 0.146 e. The molecule has 2 N–H and O–H groups in total. The van der Waals surface area contributed by atoms with E-state index in [1.165, 1.54) is 0 Å². The van der Waals surface area contributed by atoms with Gasteiger partial charge in [-0.25, -0.2) is 0 Å². The maximum absolute atomic E-state index is 9.54. The SMILES string of the molecule is COCO[C@H]1CC[C@](C#N)(c2ccc(N)cn2)CC1. The Bertz CT molecular complexity index is 445. The number of ether oxygens (including phenoxy) is 2. The third kappa shape index (κ3) is 3.03. The summed E-state index contributed by atoms with van der Waals surface area (Å²) < 4.78 is 10.5. The van der Waals surface area contributed by atoms with E-state index < -0.39 is 5.41 Å². The zero-order chi connectivity index (χ0) is 13.7. The number of anilines is 1. The van der Waals surface area contributed by atoms with Gasteiger partial charge in [0, 0.05) is 7.11 Å². The average molecular weight is 261 g/mol. The molecule has 0 aromatic carbocycles. The molecular weight excluding hydrogens is 242 g/mol. The summed E-state index contributed by atoms with van der Waals surface area (Å²) in [5.41, 5.74) is 6.57. The highest BCUT2D eigenvalue weighted by atomic mass is 16.7. The summed E-state index contributed by atoms with van der Waals surface area (Å²) in [5.74, 6) is 0. The Labute approximate surface area is 113 Å². The minimum Gasteiger partial charge on any atom is -0.397 e. The zero-order valence-electron chi connectivity index (χ0n) is 11.1. The van der Waals surface area contributed by atoms with Gasteiger partial charge in [0.15, 0.2) is 0 Å². The van der Waals surface area contributed by atoms with Gasteiger partial charge in [-0.2, -0.15) is 5.26 Å². The van der Waals surface area contributed by atoms with Crippen LogP contribution in [0.25, 0.3) is 0 Å². The molecule has 102 valence electrons. The Morgan fingerprint density at radius 2 is 2.21 bits per heavy atom. The largest absolute Gasteiger partial charge is 0.397 e.